The highest BCUT2D eigenvalue weighted by molar-refractivity contribution is 5.96. The summed E-state index contributed by atoms with van der Waals surface area (Å²) in [7, 11) is 2.17. The molecule has 1 aromatic carbocycles. The number of nitrogens with zero attached hydrogens (tertiary/aromatic N) is 4. The molecule has 1 aliphatic heterocycles. The minimum atomic E-state index is -0.577. The molecule has 23 heavy (non-hydrogen) atoms. The van der Waals surface area contributed by atoms with Crippen LogP contribution in [-0.4, -0.2) is 64.3 Å². The average Bonchev–Trinajstić information content (AvgIpc) is 2.94. The standard InChI is InChI=1S/C16H22N6O/c1-21-7-2-8-22(10-9-21)11-12-3-5-13(6-4-12)14-15(16(17)23)19-20-18-14/h3-6H,2,7-11H2,1H3,(H2,17,23)(H,18,19,20). The fourth-order valence-corrected chi connectivity index (χ4v) is 2.89. The molecule has 2 aromatic rings. The fraction of sp³-hybridized carbons (Fsp3) is 0.438. The van der Waals surface area contributed by atoms with Crippen molar-refractivity contribution in [2.75, 3.05) is 33.2 Å². The van der Waals surface area contributed by atoms with Crippen molar-refractivity contribution in [1.29, 1.82) is 0 Å². The number of hydrogen-bond acceptors (Lipinski definition) is 5. The molecule has 3 N–H and O–H groups in total. The highest BCUT2D eigenvalue weighted by atomic mass is 16.1. The maximum Gasteiger partial charge on any atom is 0.271 e. The van der Waals surface area contributed by atoms with Crippen LogP contribution < -0.4 is 5.73 Å². The second-order valence-corrected chi connectivity index (χ2v) is 6.01. The number of hydrogen-bond donors (Lipinski definition) is 2. The summed E-state index contributed by atoms with van der Waals surface area (Å²) in [4.78, 5) is 16.2. The van der Waals surface area contributed by atoms with Gasteiger partial charge in [0, 0.05) is 25.2 Å². The number of amides is 1. The smallest absolute Gasteiger partial charge is 0.271 e. The highest BCUT2D eigenvalue weighted by Crippen LogP contribution is 2.20. The SMILES string of the molecule is CN1CCCN(Cc2ccc(-c3n[nH]nc3C(N)=O)cc2)CC1. The summed E-state index contributed by atoms with van der Waals surface area (Å²) in [5, 5.41) is 10.3. The van der Waals surface area contributed by atoms with Gasteiger partial charge in [0.05, 0.1) is 0 Å². The summed E-state index contributed by atoms with van der Waals surface area (Å²) < 4.78 is 0. The van der Waals surface area contributed by atoms with Crippen LogP contribution >= 0.6 is 0 Å². The topological polar surface area (TPSA) is 91.1 Å². The minimum absolute atomic E-state index is 0.174. The first kappa shape index (κ1) is 15.6. The predicted molar refractivity (Wildman–Crippen MR) is 87.7 cm³/mol. The van der Waals surface area contributed by atoms with Gasteiger partial charge in [-0.2, -0.15) is 15.4 Å². The third-order valence-electron chi connectivity index (χ3n) is 4.23. The van der Waals surface area contributed by atoms with Crippen LogP contribution in [-0.2, 0) is 6.54 Å². The summed E-state index contributed by atoms with van der Waals surface area (Å²) >= 11 is 0. The van der Waals surface area contributed by atoms with Crippen LogP contribution in [0.4, 0.5) is 0 Å². The van der Waals surface area contributed by atoms with E-state index in [0.29, 0.717) is 5.69 Å². The third kappa shape index (κ3) is 3.75. The lowest BCUT2D eigenvalue weighted by atomic mass is 10.1. The number of H-pyrrole nitrogens is 1. The van der Waals surface area contributed by atoms with E-state index < -0.39 is 5.91 Å². The number of nitrogens with two attached hydrogens (primary N) is 1. The van der Waals surface area contributed by atoms with E-state index >= 15 is 0 Å². The van der Waals surface area contributed by atoms with Crippen molar-refractivity contribution in [1.82, 2.24) is 25.2 Å². The highest BCUT2D eigenvalue weighted by Gasteiger charge is 2.16. The average molecular weight is 314 g/mol. The molecule has 2 heterocycles. The van der Waals surface area contributed by atoms with Crippen molar-refractivity contribution in [3.8, 4) is 11.3 Å². The molecule has 3 rings (SSSR count). The molecule has 1 fully saturated rings. The first-order chi connectivity index (χ1) is 11.1. The number of likely N-dealkylation sites (N-methyl/N-ethyl adjacent to an activating group) is 1. The predicted octanol–water partition coefficient (Wildman–Crippen LogP) is 0.708. The molecule has 0 atom stereocenters. The van der Waals surface area contributed by atoms with Crippen LogP contribution in [0.3, 0.4) is 0 Å². The van der Waals surface area contributed by atoms with Crippen LogP contribution in [0, 0.1) is 0 Å². The summed E-state index contributed by atoms with van der Waals surface area (Å²) in [5.41, 5.74) is 8.07. The summed E-state index contributed by atoms with van der Waals surface area (Å²) in [6.45, 7) is 5.43. The van der Waals surface area contributed by atoms with E-state index in [4.69, 9.17) is 5.73 Å². The Labute approximate surface area is 135 Å². The van der Waals surface area contributed by atoms with Crippen molar-refractivity contribution in [3.63, 3.8) is 0 Å². The van der Waals surface area contributed by atoms with Crippen LogP contribution in [0.1, 0.15) is 22.5 Å². The molecule has 7 heteroatoms. The number of rotatable bonds is 4. The Bertz CT molecular complexity index is 665. The van der Waals surface area contributed by atoms with Gasteiger partial charge in [0.2, 0.25) is 0 Å². The van der Waals surface area contributed by atoms with Crippen molar-refractivity contribution in [2.45, 2.75) is 13.0 Å². The van der Waals surface area contributed by atoms with E-state index in [9.17, 15) is 4.79 Å². The molecule has 1 amide bonds. The molecular formula is C16H22N6O. The van der Waals surface area contributed by atoms with Crippen LogP contribution in [0.2, 0.25) is 0 Å². The summed E-state index contributed by atoms with van der Waals surface area (Å²) in [6.07, 6.45) is 1.20. The lowest BCUT2D eigenvalue weighted by molar-refractivity contribution is 0.0996. The first-order valence-electron chi connectivity index (χ1n) is 7.84. The molecule has 0 radical (unpaired) electrons. The molecule has 1 saturated heterocycles. The van der Waals surface area contributed by atoms with Gasteiger partial charge in [-0.3, -0.25) is 9.69 Å². The van der Waals surface area contributed by atoms with E-state index in [-0.39, 0.29) is 5.69 Å². The Hall–Kier alpha value is -2.25. The van der Waals surface area contributed by atoms with Gasteiger partial charge in [-0.1, -0.05) is 24.3 Å². The molecule has 1 aromatic heterocycles. The van der Waals surface area contributed by atoms with Gasteiger partial charge in [-0.05, 0) is 32.1 Å². The molecule has 0 aliphatic carbocycles. The lowest BCUT2D eigenvalue weighted by Crippen LogP contribution is -2.28. The number of aromatic nitrogens is 3. The number of nitrogens with one attached hydrogen (secondary N) is 1. The van der Waals surface area contributed by atoms with Crippen molar-refractivity contribution in [3.05, 3.63) is 35.5 Å². The normalized spacial score (nSPS) is 17.1. The van der Waals surface area contributed by atoms with Gasteiger partial charge >= 0.3 is 0 Å². The third-order valence-corrected chi connectivity index (χ3v) is 4.23. The zero-order valence-corrected chi connectivity index (χ0v) is 13.3. The molecule has 122 valence electrons. The second-order valence-electron chi connectivity index (χ2n) is 6.01. The van der Waals surface area contributed by atoms with E-state index in [2.05, 4.69) is 44.4 Å². The summed E-state index contributed by atoms with van der Waals surface area (Å²) in [6, 6.07) is 8.07. The van der Waals surface area contributed by atoms with Crippen molar-refractivity contribution >= 4 is 5.91 Å². The Morgan fingerprint density at radius 2 is 1.96 bits per heavy atom. The lowest BCUT2D eigenvalue weighted by Gasteiger charge is -2.20. The van der Waals surface area contributed by atoms with E-state index in [1.165, 1.54) is 12.0 Å². The largest absolute Gasteiger partial charge is 0.364 e. The maximum absolute atomic E-state index is 11.3. The Morgan fingerprint density at radius 1 is 1.17 bits per heavy atom. The second kappa shape index (κ2) is 6.89. The number of aromatic amines is 1. The van der Waals surface area contributed by atoms with Crippen LogP contribution in [0.15, 0.2) is 24.3 Å². The number of primary amides is 1. The number of carbonyl (C=O) groups excluding carboxylic acids is 1. The van der Waals surface area contributed by atoms with E-state index in [1.807, 2.05) is 12.1 Å². The van der Waals surface area contributed by atoms with Gasteiger partial charge in [-0.15, -0.1) is 0 Å². The van der Waals surface area contributed by atoms with E-state index in [1.54, 1.807) is 0 Å². The van der Waals surface area contributed by atoms with Crippen molar-refractivity contribution in [2.24, 2.45) is 5.73 Å². The molecule has 1 aliphatic rings. The van der Waals surface area contributed by atoms with Gasteiger partial charge < -0.3 is 10.6 Å². The van der Waals surface area contributed by atoms with Gasteiger partial charge in [0.25, 0.3) is 5.91 Å². The zero-order chi connectivity index (χ0) is 16.2. The Kier molecular flexibility index (Phi) is 4.68. The molecule has 0 bridgehead atoms. The number of carbonyl (C=O) groups is 1. The Balaban J connectivity index is 1.69. The van der Waals surface area contributed by atoms with Crippen molar-refractivity contribution < 1.29 is 4.79 Å². The quantitative estimate of drug-likeness (QED) is 0.867. The fourth-order valence-electron chi connectivity index (χ4n) is 2.89. The molecule has 7 nitrogen and oxygen atoms in total. The van der Waals surface area contributed by atoms with Crippen LogP contribution in [0.5, 0.6) is 0 Å². The molecule has 0 spiro atoms. The molecular weight excluding hydrogens is 292 g/mol. The molecule has 0 unspecified atom stereocenters. The minimum Gasteiger partial charge on any atom is -0.364 e. The van der Waals surface area contributed by atoms with Gasteiger partial charge in [0.1, 0.15) is 5.69 Å². The van der Waals surface area contributed by atoms with Crippen LogP contribution in [0.25, 0.3) is 11.3 Å². The number of benzene rings is 1. The summed E-state index contributed by atoms with van der Waals surface area (Å²) in [5.74, 6) is -0.577. The zero-order valence-electron chi connectivity index (χ0n) is 13.3. The monoisotopic (exact) mass is 314 g/mol. The molecule has 0 saturated carbocycles. The van der Waals surface area contributed by atoms with Gasteiger partial charge in [0.15, 0.2) is 5.69 Å². The maximum atomic E-state index is 11.3. The van der Waals surface area contributed by atoms with Gasteiger partial charge in [-0.25, -0.2) is 0 Å². The van der Waals surface area contributed by atoms with E-state index in [0.717, 1.165) is 38.3 Å². The Morgan fingerprint density at radius 3 is 2.70 bits per heavy atom. The first-order valence-corrected chi connectivity index (χ1v) is 7.84.